The second-order valence-electron chi connectivity index (χ2n) is 4.41. The summed E-state index contributed by atoms with van der Waals surface area (Å²) >= 11 is 2.09. The van der Waals surface area contributed by atoms with Crippen LogP contribution in [0.2, 0.25) is 0 Å². The van der Waals surface area contributed by atoms with Crippen LogP contribution < -0.4 is 5.32 Å². The molecule has 1 aliphatic rings. The van der Waals surface area contributed by atoms with Crippen LogP contribution in [0.15, 0.2) is 0 Å². The van der Waals surface area contributed by atoms with E-state index in [0.29, 0.717) is 11.3 Å². The Balaban J connectivity index is 2.28. The predicted molar refractivity (Wildman–Crippen MR) is 68.6 cm³/mol. The lowest BCUT2D eigenvalue weighted by molar-refractivity contribution is 0.0836. The zero-order chi connectivity index (χ0) is 11.1. The van der Waals surface area contributed by atoms with Crippen LogP contribution in [0.5, 0.6) is 0 Å². The summed E-state index contributed by atoms with van der Waals surface area (Å²) in [6.45, 7) is 9.72. The smallest absolute Gasteiger partial charge is 0.0600 e. The van der Waals surface area contributed by atoms with Crippen LogP contribution >= 0.6 is 11.8 Å². The van der Waals surface area contributed by atoms with Gasteiger partial charge in [-0.05, 0) is 24.6 Å². The second-order valence-corrected chi connectivity index (χ2v) is 5.69. The first kappa shape index (κ1) is 13.3. The summed E-state index contributed by atoms with van der Waals surface area (Å²) in [7, 11) is 0. The molecule has 1 N–H and O–H groups in total. The highest BCUT2D eigenvalue weighted by molar-refractivity contribution is 8.00. The largest absolute Gasteiger partial charge is 0.380 e. The monoisotopic (exact) mass is 231 g/mol. The number of nitrogens with one attached hydrogen (secondary N) is 1. The third-order valence-corrected chi connectivity index (χ3v) is 4.72. The molecule has 1 heterocycles. The summed E-state index contributed by atoms with van der Waals surface area (Å²) in [5.41, 5.74) is 0. The Labute approximate surface area is 98.5 Å². The lowest BCUT2D eigenvalue weighted by atomic mass is 10.1. The molecule has 3 heteroatoms. The first-order chi connectivity index (χ1) is 7.27. The van der Waals surface area contributed by atoms with Crippen molar-refractivity contribution in [2.75, 3.05) is 25.5 Å². The van der Waals surface area contributed by atoms with Crippen molar-refractivity contribution < 1.29 is 4.74 Å². The van der Waals surface area contributed by atoms with Gasteiger partial charge in [-0.15, -0.1) is 0 Å². The lowest BCUT2D eigenvalue weighted by Gasteiger charge is -2.32. The molecule has 0 aliphatic carbocycles. The van der Waals surface area contributed by atoms with Crippen molar-refractivity contribution in [3.63, 3.8) is 0 Å². The standard InChI is InChI=1S/C12H25NOS/c1-4-10(3)9-15-12-8-14-7-6-11(12)13-5-2/h10-13H,4-9H2,1-3H3. The van der Waals surface area contributed by atoms with Crippen LogP contribution in [-0.2, 0) is 4.74 Å². The van der Waals surface area contributed by atoms with Crippen LogP contribution in [0, 0.1) is 5.92 Å². The SMILES string of the molecule is CCNC1CCOCC1SCC(C)CC. The van der Waals surface area contributed by atoms with Crippen LogP contribution in [0.25, 0.3) is 0 Å². The minimum Gasteiger partial charge on any atom is -0.380 e. The van der Waals surface area contributed by atoms with Gasteiger partial charge in [0.25, 0.3) is 0 Å². The molecule has 0 bridgehead atoms. The topological polar surface area (TPSA) is 21.3 Å². The predicted octanol–water partition coefficient (Wildman–Crippen LogP) is 2.53. The summed E-state index contributed by atoms with van der Waals surface area (Å²) in [6, 6.07) is 0.665. The zero-order valence-electron chi connectivity index (χ0n) is 10.3. The van der Waals surface area contributed by atoms with Gasteiger partial charge in [0.1, 0.15) is 0 Å². The number of thioether (sulfide) groups is 1. The molecule has 90 valence electrons. The third kappa shape index (κ3) is 4.75. The van der Waals surface area contributed by atoms with Crippen molar-refractivity contribution >= 4 is 11.8 Å². The maximum atomic E-state index is 5.56. The Hall–Kier alpha value is 0.270. The van der Waals surface area contributed by atoms with Crippen molar-refractivity contribution in [1.82, 2.24) is 5.32 Å². The minimum absolute atomic E-state index is 0.660. The molecule has 1 fully saturated rings. The molecule has 0 aromatic heterocycles. The van der Waals surface area contributed by atoms with Crippen molar-refractivity contribution in [2.45, 2.75) is 44.9 Å². The lowest BCUT2D eigenvalue weighted by Crippen LogP contribution is -2.45. The number of rotatable bonds is 6. The van der Waals surface area contributed by atoms with Crippen molar-refractivity contribution in [1.29, 1.82) is 0 Å². The van der Waals surface area contributed by atoms with Crippen molar-refractivity contribution in [3.8, 4) is 0 Å². The van der Waals surface area contributed by atoms with Crippen LogP contribution in [0.1, 0.15) is 33.6 Å². The average Bonchev–Trinajstić information content (AvgIpc) is 2.28. The van der Waals surface area contributed by atoms with Crippen molar-refractivity contribution in [2.24, 2.45) is 5.92 Å². The second kappa shape index (κ2) is 7.53. The molecule has 1 rings (SSSR count). The van der Waals surface area contributed by atoms with E-state index in [2.05, 4.69) is 37.8 Å². The number of hydrogen-bond acceptors (Lipinski definition) is 3. The van der Waals surface area contributed by atoms with E-state index in [1.165, 1.54) is 18.6 Å². The summed E-state index contributed by atoms with van der Waals surface area (Å²) in [5.74, 6) is 2.10. The maximum Gasteiger partial charge on any atom is 0.0600 e. The molecule has 0 spiro atoms. The molecule has 0 aromatic carbocycles. The Morgan fingerprint density at radius 2 is 2.27 bits per heavy atom. The molecule has 0 radical (unpaired) electrons. The normalized spacial score (nSPS) is 29.0. The summed E-state index contributed by atoms with van der Waals surface area (Å²) in [5, 5.41) is 4.24. The molecule has 3 unspecified atom stereocenters. The fourth-order valence-corrected chi connectivity index (χ4v) is 3.25. The highest BCUT2D eigenvalue weighted by atomic mass is 32.2. The summed E-state index contributed by atoms with van der Waals surface area (Å²) < 4.78 is 5.56. The Bertz CT molecular complexity index is 164. The van der Waals surface area contributed by atoms with Gasteiger partial charge in [0.05, 0.1) is 6.61 Å². The first-order valence-corrected chi connectivity index (χ1v) is 7.25. The summed E-state index contributed by atoms with van der Waals surface area (Å²) in [4.78, 5) is 0. The minimum atomic E-state index is 0.660. The van der Waals surface area contributed by atoms with E-state index < -0.39 is 0 Å². The molecule has 2 nitrogen and oxygen atoms in total. The van der Waals surface area contributed by atoms with Crippen LogP contribution in [0.4, 0.5) is 0 Å². The van der Waals surface area contributed by atoms with Crippen LogP contribution in [-0.4, -0.2) is 36.8 Å². The van der Waals surface area contributed by atoms with E-state index in [4.69, 9.17) is 4.74 Å². The summed E-state index contributed by atoms with van der Waals surface area (Å²) in [6.07, 6.45) is 2.46. The van der Waals surface area contributed by atoms with Gasteiger partial charge in [-0.25, -0.2) is 0 Å². The molecule has 0 aromatic rings. The van der Waals surface area contributed by atoms with Crippen LogP contribution in [0.3, 0.4) is 0 Å². The zero-order valence-corrected chi connectivity index (χ0v) is 11.1. The van der Waals surface area contributed by atoms with E-state index in [1.807, 2.05) is 0 Å². The molecule has 1 aliphatic heterocycles. The first-order valence-electron chi connectivity index (χ1n) is 6.20. The van der Waals surface area contributed by atoms with Gasteiger partial charge >= 0.3 is 0 Å². The van der Waals surface area contributed by atoms with Gasteiger partial charge in [0, 0.05) is 17.9 Å². The molecule has 0 amide bonds. The molecular weight excluding hydrogens is 206 g/mol. The maximum absolute atomic E-state index is 5.56. The van der Waals surface area contributed by atoms with Gasteiger partial charge < -0.3 is 10.1 Å². The van der Waals surface area contributed by atoms with Gasteiger partial charge in [-0.2, -0.15) is 11.8 Å². The third-order valence-electron chi connectivity index (χ3n) is 3.06. The average molecular weight is 231 g/mol. The van der Waals surface area contributed by atoms with Gasteiger partial charge in [-0.3, -0.25) is 0 Å². The quantitative estimate of drug-likeness (QED) is 0.759. The Kier molecular flexibility index (Phi) is 6.69. The van der Waals surface area contributed by atoms with Crippen molar-refractivity contribution in [3.05, 3.63) is 0 Å². The van der Waals surface area contributed by atoms with E-state index in [0.717, 1.165) is 25.7 Å². The molecule has 3 atom stereocenters. The van der Waals surface area contributed by atoms with E-state index in [1.54, 1.807) is 0 Å². The number of ether oxygens (including phenoxy) is 1. The highest BCUT2D eigenvalue weighted by Gasteiger charge is 2.25. The van der Waals surface area contributed by atoms with Gasteiger partial charge in [0.15, 0.2) is 0 Å². The molecule has 1 saturated heterocycles. The molecule has 0 saturated carbocycles. The van der Waals surface area contributed by atoms with Gasteiger partial charge in [-0.1, -0.05) is 27.2 Å². The van der Waals surface area contributed by atoms with E-state index >= 15 is 0 Å². The Morgan fingerprint density at radius 1 is 1.47 bits per heavy atom. The fraction of sp³-hybridized carbons (Fsp3) is 1.00. The highest BCUT2D eigenvalue weighted by Crippen LogP contribution is 2.24. The molecular formula is C12H25NOS. The number of hydrogen-bond donors (Lipinski definition) is 1. The van der Waals surface area contributed by atoms with Gasteiger partial charge in [0.2, 0.25) is 0 Å². The Morgan fingerprint density at radius 3 is 2.93 bits per heavy atom. The molecule has 15 heavy (non-hydrogen) atoms. The van der Waals surface area contributed by atoms with E-state index in [-0.39, 0.29) is 0 Å². The fourth-order valence-electron chi connectivity index (χ4n) is 1.78. The van der Waals surface area contributed by atoms with E-state index in [9.17, 15) is 0 Å².